The van der Waals surface area contributed by atoms with Crippen LogP contribution in [0.2, 0.25) is 0 Å². The third-order valence-electron chi connectivity index (χ3n) is 3.48. The van der Waals surface area contributed by atoms with Crippen LogP contribution in [0.25, 0.3) is 0 Å². The normalized spacial score (nSPS) is 11.7. The summed E-state index contributed by atoms with van der Waals surface area (Å²) in [7, 11) is -3.50. The Morgan fingerprint density at radius 3 is 2.14 bits per heavy atom. The third kappa shape index (κ3) is 5.10. The van der Waals surface area contributed by atoms with Gasteiger partial charge in [0.25, 0.3) is 5.91 Å². The predicted octanol–water partition coefficient (Wildman–Crippen LogP) is 2.49. The number of hydrogen-bond acceptors (Lipinski definition) is 3. The zero-order valence-corrected chi connectivity index (χ0v) is 14.6. The van der Waals surface area contributed by atoms with Gasteiger partial charge >= 0.3 is 0 Å². The number of rotatable bonds is 8. The number of carbonyl (C=O) groups excluding carboxylic acids is 1. The quantitative estimate of drug-likeness (QED) is 0.798. The number of nitrogens with zero attached hydrogens (tertiary/aromatic N) is 1. The molecule has 0 unspecified atom stereocenters. The summed E-state index contributed by atoms with van der Waals surface area (Å²) in [5, 5.41) is 0. The minimum Gasteiger partial charge on any atom is -0.339 e. The third-order valence-corrected chi connectivity index (χ3v) is 4.95. The molecule has 0 heterocycles. The average Bonchev–Trinajstić information content (AvgIpc) is 2.48. The van der Waals surface area contributed by atoms with Crippen molar-refractivity contribution in [1.29, 1.82) is 0 Å². The number of carbonyl (C=O) groups is 1. The molecule has 0 radical (unpaired) electrons. The van der Waals surface area contributed by atoms with Crippen molar-refractivity contribution in [1.82, 2.24) is 9.62 Å². The lowest BCUT2D eigenvalue weighted by molar-refractivity contribution is 0.0773. The highest BCUT2D eigenvalue weighted by Crippen LogP contribution is 2.12. The minimum absolute atomic E-state index is 0.0817. The number of benzene rings is 1. The van der Waals surface area contributed by atoms with Gasteiger partial charge in [0.05, 0.1) is 4.90 Å². The molecule has 0 aromatic heterocycles. The summed E-state index contributed by atoms with van der Waals surface area (Å²) < 4.78 is 26.8. The molecule has 0 aliphatic rings. The summed E-state index contributed by atoms with van der Waals surface area (Å²) in [5.41, 5.74) is 0.504. The van der Waals surface area contributed by atoms with Gasteiger partial charge in [-0.2, -0.15) is 0 Å². The molecule has 0 aliphatic heterocycles. The summed E-state index contributed by atoms with van der Waals surface area (Å²) in [6, 6.07) is 6.10. The molecule has 0 aliphatic carbocycles. The maximum Gasteiger partial charge on any atom is 0.253 e. The van der Waals surface area contributed by atoms with Crippen LogP contribution in [0.3, 0.4) is 0 Å². The van der Waals surface area contributed by atoms with Gasteiger partial charge in [0.1, 0.15) is 0 Å². The van der Waals surface area contributed by atoms with E-state index in [4.69, 9.17) is 0 Å². The lowest BCUT2D eigenvalue weighted by atomic mass is 10.1. The van der Waals surface area contributed by atoms with Crippen LogP contribution in [-0.4, -0.2) is 38.9 Å². The van der Waals surface area contributed by atoms with Crippen LogP contribution in [0.4, 0.5) is 0 Å². The van der Waals surface area contributed by atoms with E-state index in [2.05, 4.69) is 4.72 Å². The fraction of sp³-hybridized carbons (Fsp3) is 0.562. The molecular weight excluding hydrogens is 300 g/mol. The SMILES string of the molecule is CCN(CC)C(=O)c1ccc(S(=O)(=O)NCCC(C)C)cc1. The van der Waals surface area contributed by atoms with Crippen molar-refractivity contribution >= 4 is 15.9 Å². The van der Waals surface area contributed by atoms with E-state index in [0.717, 1.165) is 6.42 Å². The second kappa shape index (κ2) is 8.29. The number of hydrogen-bond donors (Lipinski definition) is 1. The summed E-state index contributed by atoms with van der Waals surface area (Å²) in [4.78, 5) is 14.1. The van der Waals surface area contributed by atoms with Crippen LogP contribution < -0.4 is 4.72 Å². The number of amides is 1. The van der Waals surface area contributed by atoms with Crippen molar-refractivity contribution < 1.29 is 13.2 Å². The lowest BCUT2D eigenvalue weighted by Gasteiger charge is -2.18. The molecule has 6 heteroatoms. The van der Waals surface area contributed by atoms with E-state index in [1.165, 1.54) is 12.1 Å². The van der Waals surface area contributed by atoms with Gasteiger partial charge in [-0.15, -0.1) is 0 Å². The molecule has 0 saturated heterocycles. The molecule has 0 saturated carbocycles. The molecule has 22 heavy (non-hydrogen) atoms. The first-order valence-electron chi connectivity index (χ1n) is 7.70. The van der Waals surface area contributed by atoms with Crippen molar-refractivity contribution in [2.75, 3.05) is 19.6 Å². The van der Waals surface area contributed by atoms with E-state index in [9.17, 15) is 13.2 Å². The molecule has 0 fully saturated rings. The minimum atomic E-state index is -3.50. The van der Waals surface area contributed by atoms with Crippen molar-refractivity contribution in [3.8, 4) is 0 Å². The molecule has 1 amide bonds. The summed E-state index contributed by atoms with van der Waals surface area (Å²) in [5.74, 6) is 0.360. The standard InChI is InChI=1S/C16H26N2O3S/c1-5-18(6-2)16(19)14-7-9-15(10-8-14)22(20,21)17-12-11-13(3)4/h7-10,13,17H,5-6,11-12H2,1-4H3. The van der Waals surface area contributed by atoms with Gasteiger partial charge in [0.2, 0.25) is 10.0 Å². The average molecular weight is 326 g/mol. The van der Waals surface area contributed by atoms with Gasteiger partial charge in [-0.05, 0) is 50.5 Å². The van der Waals surface area contributed by atoms with Crippen LogP contribution >= 0.6 is 0 Å². The Morgan fingerprint density at radius 2 is 1.68 bits per heavy atom. The first-order valence-corrected chi connectivity index (χ1v) is 9.19. The largest absolute Gasteiger partial charge is 0.339 e. The van der Waals surface area contributed by atoms with Gasteiger partial charge in [-0.1, -0.05) is 13.8 Å². The maximum absolute atomic E-state index is 12.2. The molecule has 1 N–H and O–H groups in total. The van der Waals surface area contributed by atoms with Gasteiger partial charge in [0.15, 0.2) is 0 Å². The highest BCUT2D eigenvalue weighted by molar-refractivity contribution is 7.89. The Bertz CT molecular complexity index is 576. The second-order valence-corrected chi connectivity index (χ2v) is 7.35. The van der Waals surface area contributed by atoms with Crippen LogP contribution in [-0.2, 0) is 10.0 Å². The van der Waals surface area contributed by atoms with Crippen molar-refractivity contribution in [2.45, 2.75) is 39.0 Å². The zero-order chi connectivity index (χ0) is 16.8. The van der Waals surface area contributed by atoms with E-state index in [1.54, 1.807) is 17.0 Å². The Morgan fingerprint density at radius 1 is 1.14 bits per heavy atom. The molecular formula is C16H26N2O3S. The second-order valence-electron chi connectivity index (χ2n) is 5.58. The van der Waals surface area contributed by atoms with E-state index >= 15 is 0 Å². The first-order chi connectivity index (χ1) is 10.3. The lowest BCUT2D eigenvalue weighted by Crippen LogP contribution is -2.30. The summed E-state index contributed by atoms with van der Waals surface area (Å²) in [6.07, 6.45) is 0.789. The molecule has 1 aromatic carbocycles. The Balaban J connectivity index is 2.81. The Kier molecular flexibility index (Phi) is 7.03. The van der Waals surface area contributed by atoms with Crippen LogP contribution in [0, 0.1) is 5.92 Å². The van der Waals surface area contributed by atoms with E-state index in [1.807, 2.05) is 27.7 Å². The van der Waals surface area contributed by atoms with Gasteiger partial charge in [-0.25, -0.2) is 13.1 Å². The Labute approximate surface area is 133 Å². The van der Waals surface area contributed by atoms with Gasteiger partial charge < -0.3 is 4.90 Å². The van der Waals surface area contributed by atoms with Gasteiger partial charge in [0, 0.05) is 25.2 Å². The van der Waals surface area contributed by atoms with E-state index in [0.29, 0.717) is 31.1 Å². The fourth-order valence-corrected chi connectivity index (χ4v) is 3.08. The van der Waals surface area contributed by atoms with Crippen molar-refractivity contribution in [3.63, 3.8) is 0 Å². The molecule has 5 nitrogen and oxygen atoms in total. The molecule has 124 valence electrons. The van der Waals surface area contributed by atoms with E-state index in [-0.39, 0.29) is 10.8 Å². The number of sulfonamides is 1. The van der Waals surface area contributed by atoms with Crippen molar-refractivity contribution in [3.05, 3.63) is 29.8 Å². The zero-order valence-electron chi connectivity index (χ0n) is 13.8. The molecule has 0 spiro atoms. The van der Waals surface area contributed by atoms with Gasteiger partial charge in [-0.3, -0.25) is 4.79 Å². The summed E-state index contributed by atoms with van der Waals surface area (Å²) >= 11 is 0. The van der Waals surface area contributed by atoms with Crippen molar-refractivity contribution in [2.24, 2.45) is 5.92 Å². The Hall–Kier alpha value is -1.40. The fourth-order valence-electron chi connectivity index (χ4n) is 2.04. The highest BCUT2D eigenvalue weighted by atomic mass is 32.2. The van der Waals surface area contributed by atoms with Crippen LogP contribution in [0.1, 0.15) is 44.5 Å². The van der Waals surface area contributed by atoms with Crippen LogP contribution in [0.15, 0.2) is 29.2 Å². The number of nitrogens with one attached hydrogen (secondary N) is 1. The topological polar surface area (TPSA) is 66.5 Å². The molecule has 1 rings (SSSR count). The molecule has 1 aromatic rings. The summed E-state index contributed by atoms with van der Waals surface area (Å²) in [6.45, 7) is 9.60. The van der Waals surface area contributed by atoms with E-state index < -0.39 is 10.0 Å². The molecule has 0 atom stereocenters. The smallest absolute Gasteiger partial charge is 0.253 e. The molecule has 0 bridgehead atoms. The predicted molar refractivity (Wildman–Crippen MR) is 88.3 cm³/mol. The highest BCUT2D eigenvalue weighted by Gasteiger charge is 2.16. The maximum atomic E-state index is 12.2. The first kappa shape index (κ1) is 18.6. The monoisotopic (exact) mass is 326 g/mol. The van der Waals surface area contributed by atoms with Crippen LogP contribution in [0.5, 0.6) is 0 Å².